The maximum absolute atomic E-state index is 12.5. The van der Waals surface area contributed by atoms with Gasteiger partial charge >= 0.3 is 5.97 Å². The van der Waals surface area contributed by atoms with Crippen LogP contribution in [0.2, 0.25) is 10.0 Å². The summed E-state index contributed by atoms with van der Waals surface area (Å²) in [6, 6.07) is 14.6. The predicted octanol–water partition coefficient (Wildman–Crippen LogP) is 5.61. The van der Waals surface area contributed by atoms with E-state index in [1.165, 1.54) is 16.7 Å². The van der Waals surface area contributed by atoms with Gasteiger partial charge in [0, 0.05) is 38.3 Å². The third-order valence-electron chi connectivity index (χ3n) is 6.81. The zero-order valence-electron chi connectivity index (χ0n) is 21.6. The highest BCUT2D eigenvalue weighted by Gasteiger charge is 2.19. The van der Waals surface area contributed by atoms with Gasteiger partial charge in [-0.25, -0.2) is 0 Å². The van der Waals surface area contributed by atoms with E-state index in [9.17, 15) is 9.59 Å². The standard InChI is InChI=1S/C29H33Cl2N3O4/c1-3-21(2)29(36)38-20-34-26-19-23(11-9-22(26)10-12-27(34)35)37-18-5-4-13-32-14-16-33(17-15-32)25-8-6-7-24(30)28(25)31/h3,6-12,19,21H,1,4-5,13-18,20H2,2H3. The molecule has 2 aromatic carbocycles. The van der Waals surface area contributed by atoms with Crippen LogP contribution in [0, 0.1) is 5.92 Å². The van der Waals surface area contributed by atoms with Crippen LogP contribution in [0.4, 0.5) is 5.69 Å². The monoisotopic (exact) mass is 557 g/mol. The lowest BCUT2D eigenvalue weighted by Gasteiger charge is -2.36. The Morgan fingerprint density at radius 3 is 2.61 bits per heavy atom. The Bertz CT molecular complexity index is 1340. The van der Waals surface area contributed by atoms with Crippen molar-refractivity contribution in [2.45, 2.75) is 26.5 Å². The number of hydrogen-bond donors (Lipinski definition) is 0. The minimum Gasteiger partial charge on any atom is -0.494 e. The van der Waals surface area contributed by atoms with Crippen molar-refractivity contribution in [3.05, 3.63) is 81.6 Å². The zero-order chi connectivity index (χ0) is 27.1. The average Bonchev–Trinajstić information content (AvgIpc) is 2.93. The van der Waals surface area contributed by atoms with Crippen LogP contribution in [0.1, 0.15) is 19.8 Å². The summed E-state index contributed by atoms with van der Waals surface area (Å²) in [6.07, 6.45) is 3.45. The molecule has 1 fully saturated rings. The van der Waals surface area contributed by atoms with Crippen LogP contribution in [0.3, 0.4) is 0 Å². The van der Waals surface area contributed by atoms with E-state index in [1.807, 2.05) is 36.4 Å². The molecule has 38 heavy (non-hydrogen) atoms. The Hall–Kier alpha value is -3.00. The van der Waals surface area contributed by atoms with E-state index < -0.39 is 11.9 Å². The second-order valence-electron chi connectivity index (χ2n) is 9.39. The first-order valence-corrected chi connectivity index (χ1v) is 13.6. The zero-order valence-corrected chi connectivity index (χ0v) is 23.1. The van der Waals surface area contributed by atoms with Crippen LogP contribution in [0.25, 0.3) is 10.9 Å². The molecule has 0 saturated carbocycles. The molecular weight excluding hydrogens is 525 g/mol. The number of fused-ring (bicyclic) bond motifs is 1. The summed E-state index contributed by atoms with van der Waals surface area (Å²) < 4.78 is 12.7. The molecule has 0 radical (unpaired) electrons. The third-order valence-corrected chi connectivity index (χ3v) is 7.62. The number of unbranched alkanes of at least 4 members (excludes halogenated alkanes) is 1. The molecule has 0 N–H and O–H groups in total. The quantitative estimate of drug-likeness (QED) is 0.173. The molecular formula is C29H33Cl2N3O4. The summed E-state index contributed by atoms with van der Waals surface area (Å²) in [7, 11) is 0. The molecule has 202 valence electrons. The van der Waals surface area contributed by atoms with E-state index in [1.54, 1.807) is 13.0 Å². The van der Waals surface area contributed by atoms with Crippen molar-refractivity contribution in [3.8, 4) is 5.75 Å². The smallest absolute Gasteiger partial charge is 0.314 e. The van der Waals surface area contributed by atoms with Gasteiger partial charge in [0.25, 0.3) is 5.56 Å². The SMILES string of the molecule is C=CC(C)C(=O)OCn1c(=O)ccc2ccc(OCCCCN3CCN(c4cccc(Cl)c4Cl)CC3)cc21. The van der Waals surface area contributed by atoms with Crippen LogP contribution >= 0.6 is 23.2 Å². The average molecular weight is 559 g/mol. The third kappa shape index (κ3) is 6.90. The normalized spacial score (nSPS) is 14.9. The maximum atomic E-state index is 12.5. The van der Waals surface area contributed by atoms with Crippen molar-refractivity contribution in [1.82, 2.24) is 9.47 Å². The molecule has 0 aliphatic carbocycles. The molecule has 1 aliphatic heterocycles. The number of carbonyl (C=O) groups is 1. The van der Waals surface area contributed by atoms with Gasteiger partial charge in [-0.15, -0.1) is 6.58 Å². The number of pyridine rings is 1. The van der Waals surface area contributed by atoms with E-state index in [2.05, 4.69) is 16.4 Å². The number of carbonyl (C=O) groups excluding carboxylic acids is 1. The lowest BCUT2D eigenvalue weighted by Crippen LogP contribution is -2.46. The van der Waals surface area contributed by atoms with Gasteiger partial charge in [-0.2, -0.15) is 0 Å². The van der Waals surface area contributed by atoms with E-state index in [4.69, 9.17) is 32.7 Å². The van der Waals surface area contributed by atoms with Crippen LogP contribution in [-0.4, -0.2) is 54.8 Å². The summed E-state index contributed by atoms with van der Waals surface area (Å²) in [6.45, 7) is 10.5. The van der Waals surface area contributed by atoms with Gasteiger partial charge < -0.3 is 14.4 Å². The second kappa shape index (κ2) is 13.2. The molecule has 1 unspecified atom stereocenters. The van der Waals surface area contributed by atoms with Gasteiger partial charge in [-0.1, -0.05) is 35.3 Å². The summed E-state index contributed by atoms with van der Waals surface area (Å²) in [5, 5.41) is 2.07. The van der Waals surface area contributed by atoms with Gasteiger partial charge in [0.1, 0.15) is 5.75 Å². The van der Waals surface area contributed by atoms with E-state index >= 15 is 0 Å². The molecule has 2 heterocycles. The Morgan fingerprint density at radius 2 is 1.84 bits per heavy atom. The highest BCUT2D eigenvalue weighted by atomic mass is 35.5. The number of hydrogen-bond acceptors (Lipinski definition) is 6. The van der Waals surface area contributed by atoms with Crippen LogP contribution in [0.15, 0.2) is 66.0 Å². The number of aromatic nitrogens is 1. The van der Waals surface area contributed by atoms with Crippen LogP contribution in [-0.2, 0) is 16.3 Å². The number of benzene rings is 2. The summed E-state index contributed by atoms with van der Waals surface area (Å²) in [4.78, 5) is 29.2. The van der Waals surface area contributed by atoms with Gasteiger partial charge in [-0.05, 0) is 62.0 Å². The van der Waals surface area contributed by atoms with E-state index in [0.29, 0.717) is 27.9 Å². The van der Waals surface area contributed by atoms with Gasteiger partial charge in [0.15, 0.2) is 6.73 Å². The predicted molar refractivity (Wildman–Crippen MR) is 154 cm³/mol. The highest BCUT2D eigenvalue weighted by Crippen LogP contribution is 2.32. The molecule has 1 saturated heterocycles. The molecule has 7 nitrogen and oxygen atoms in total. The summed E-state index contributed by atoms with van der Waals surface area (Å²) in [5.74, 6) is -0.189. The van der Waals surface area contributed by atoms with Crippen molar-refractivity contribution in [2.24, 2.45) is 5.92 Å². The van der Waals surface area contributed by atoms with Gasteiger partial charge in [-0.3, -0.25) is 19.1 Å². The first-order chi connectivity index (χ1) is 18.4. The molecule has 4 rings (SSSR count). The van der Waals surface area contributed by atoms with Gasteiger partial charge in [0.05, 0.1) is 33.8 Å². The minimum absolute atomic E-state index is 0.159. The number of nitrogens with zero attached hydrogens (tertiary/aromatic N) is 3. The summed E-state index contributed by atoms with van der Waals surface area (Å²) >= 11 is 12.6. The molecule has 3 aromatic rings. The topological polar surface area (TPSA) is 64.0 Å². The van der Waals surface area contributed by atoms with Crippen molar-refractivity contribution < 1.29 is 14.3 Å². The molecule has 0 spiro atoms. The number of piperazine rings is 1. The molecule has 0 bridgehead atoms. The lowest BCUT2D eigenvalue weighted by atomic mass is 10.2. The first-order valence-electron chi connectivity index (χ1n) is 12.8. The highest BCUT2D eigenvalue weighted by molar-refractivity contribution is 6.43. The lowest BCUT2D eigenvalue weighted by molar-refractivity contribution is -0.150. The fourth-order valence-electron chi connectivity index (χ4n) is 4.42. The van der Waals surface area contributed by atoms with Crippen LogP contribution in [0.5, 0.6) is 5.75 Å². The Labute approximate surface area is 233 Å². The van der Waals surface area contributed by atoms with Crippen molar-refractivity contribution in [1.29, 1.82) is 0 Å². The molecule has 1 aromatic heterocycles. The van der Waals surface area contributed by atoms with Crippen LogP contribution < -0.4 is 15.2 Å². The van der Waals surface area contributed by atoms with Crippen molar-refractivity contribution >= 4 is 45.8 Å². The minimum atomic E-state index is -0.440. The number of anilines is 1. The van der Waals surface area contributed by atoms with Crippen molar-refractivity contribution in [3.63, 3.8) is 0 Å². The number of halogens is 2. The fraction of sp³-hybridized carbons (Fsp3) is 0.379. The van der Waals surface area contributed by atoms with Gasteiger partial charge in [0.2, 0.25) is 0 Å². The maximum Gasteiger partial charge on any atom is 0.314 e. The largest absolute Gasteiger partial charge is 0.494 e. The second-order valence-corrected chi connectivity index (χ2v) is 10.2. The Morgan fingerprint density at radius 1 is 1.08 bits per heavy atom. The summed E-state index contributed by atoms with van der Waals surface area (Å²) in [5.41, 5.74) is 1.41. The number of rotatable bonds is 11. The van der Waals surface area contributed by atoms with E-state index in [-0.39, 0.29) is 12.3 Å². The molecule has 1 atom stereocenters. The molecule has 1 aliphatic rings. The number of ether oxygens (including phenoxy) is 2. The number of esters is 1. The Kier molecular flexibility index (Phi) is 9.72. The van der Waals surface area contributed by atoms with E-state index in [0.717, 1.165) is 56.6 Å². The Balaban J connectivity index is 1.24. The molecule has 0 amide bonds. The first kappa shape index (κ1) is 28.0. The molecule has 9 heteroatoms. The van der Waals surface area contributed by atoms with Crippen molar-refractivity contribution in [2.75, 3.05) is 44.2 Å². The fourth-order valence-corrected chi connectivity index (χ4v) is 4.84.